The second-order valence-electron chi connectivity index (χ2n) is 7.57. The number of benzene rings is 3. The van der Waals surface area contributed by atoms with E-state index in [4.69, 9.17) is 14.2 Å². The van der Waals surface area contributed by atoms with Crippen molar-refractivity contribution in [3.63, 3.8) is 0 Å². The zero-order valence-corrected chi connectivity index (χ0v) is 16.7. The van der Waals surface area contributed by atoms with E-state index < -0.39 is 80.4 Å². The number of fused-ring (bicyclic) bond motifs is 3. The molecule has 0 bridgehead atoms. The molecule has 2 aliphatic rings. The van der Waals surface area contributed by atoms with E-state index in [9.17, 15) is 45.3 Å². The number of Topliss-reactive ketones (excluding diaryl/α,β-unsaturated/α-hetero) is 1. The second-order valence-corrected chi connectivity index (χ2v) is 7.57. The number of carbonyl (C=O) groups excluding carboxylic acids is 1. The second kappa shape index (κ2) is 6.59. The first-order chi connectivity index (χ1) is 16.0. The molecule has 0 radical (unpaired) electrons. The van der Waals surface area contributed by atoms with Gasteiger partial charge in [-0.25, -0.2) is 4.79 Å². The molecule has 174 valence electrons. The predicted molar refractivity (Wildman–Crippen MR) is 107 cm³/mol. The summed E-state index contributed by atoms with van der Waals surface area (Å²) >= 11 is 0. The van der Waals surface area contributed by atoms with Gasteiger partial charge in [0.1, 0.15) is 22.8 Å². The van der Waals surface area contributed by atoms with Gasteiger partial charge in [-0.15, -0.1) is 0 Å². The number of hydrogen-bond acceptors (Lipinski definition) is 11. The highest BCUT2D eigenvalue weighted by atomic mass is 16.8. The number of aliphatic hydroxyl groups is 1. The summed E-state index contributed by atoms with van der Waals surface area (Å²) in [5, 5.41) is 71.1. The predicted octanol–water partition coefficient (Wildman–Crippen LogP) is 1.50. The summed E-state index contributed by atoms with van der Waals surface area (Å²) < 4.78 is 17.0. The molecule has 12 heteroatoms. The Morgan fingerprint density at radius 3 is 2.15 bits per heavy atom. The van der Waals surface area contributed by atoms with E-state index in [2.05, 4.69) is 0 Å². The number of carboxylic acids is 1. The average Bonchev–Trinajstić information content (AvgIpc) is 2.75. The number of carbonyl (C=O) groups is 2. The monoisotopic (exact) mass is 470 g/mol. The van der Waals surface area contributed by atoms with Gasteiger partial charge in [-0.1, -0.05) is 0 Å². The fraction of sp³-hybridized carbons (Fsp3) is 0.0909. The molecule has 0 aromatic heterocycles. The molecule has 0 aliphatic carbocycles. The molecule has 5 rings (SSSR count). The molecule has 3 aromatic carbocycles. The number of carboxylic acid groups (broad SMARTS) is 1. The van der Waals surface area contributed by atoms with Gasteiger partial charge in [0, 0.05) is 17.7 Å². The van der Waals surface area contributed by atoms with E-state index in [0.29, 0.717) is 0 Å². The van der Waals surface area contributed by atoms with Crippen LogP contribution in [0.1, 0.15) is 26.3 Å². The van der Waals surface area contributed by atoms with Crippen LogP contribution in [0.2, 0.25) is 0 Å². The summed E-state index contributed by atoms with van der Waals surface area (Å²) in [7, 11) is 0. The van der Waals surface area contributed by atoms with Gasteiger partial charge in [-0.2, -0.15) is 0 Å². The number of ether oxygens (including phenoxy) is 3. The summed E-state index contributed by atoms with van der Waals surface area (Å²) in [4.78, 5) is 24.9. The van der Waals surface area contributed by atoms with E-state index >= 15 is 0 Å². The van der Waals surface area contributed by atoms with Crippen molar-refractivity contribution in [2.45, 2.75) is 11.6 Å². The van der Waals surface area contributed by atoms with Gasteiger partial charge in [0.25, 0.3) is 5.78 Å². The zero-order chi connectivity index (χ0) is 24.6. The van der Waals surface area contributed by atoms with Crippen LogP contribution in [-0.4, -0.2) is 53.3 Å². The first-order valence-corrected chi connectivity index (χ1v) is 9.50. The molecule has 0 saturated heterocycles. The average molecular weight is 470 g/mol. The minimum Gasteiger partial charge on any atom is -0.508 e. The molecule has 0 amide bonds. The maximum atomic E-state index is 13.5. The lowest BCUT2D eigenvalue weighted by Gasteiger charge is -2.50. The maximum Gasteiger partial charge on any atom is 0.358 e. The highest BCUT2D eigenvalue weighted by Gasteiger charge is 2.71. The SMILES string of the molecule is O=C(O)c1cc(O)c2c(c1)OC1(c3ccc(O)c(O)c3)Oc3cc(O)cc(O)c3C(=O)C1(O)O2. The molecule has 2 heterocycles. The number of phenols is 5. The number of aromatic carboxylic acids is 1. The van der Waals surface area contributed by atoms with Gasteiger partial charge in [0.2, 0.25) is 5.75 Å². The lowest BCUT2D eigenvalue weighted by molar-refractivity contribution is -0.316. The molecule has 2 aliphatic heterocycles. The van der Waals surface area contributed by atoms with Crippen molar-refractivity contribution in [2.24, 2.45) is 0 Å². The van der Waals surface area contributed by atoms with Gasteiger partial charge in [0.15, 0.2) is 23.0 Å². The van der Waals surface area contributed by atoms with Crippen molar-refractivity contribution < 1.29 is 59.5 Å². The van der Waals surface area contributed by atoms with Crippen LogP contribution in [0.5, 0.6) is 46.0 Å². The summed E-state index contributed by atoms with van der Waals surface area (Å²) in [5.74, 6) is -13.5. The summed E-state index contributed by atoms with van der Waals surface area (Å²) in [6.45, 7) is 0. The quantitative estimate of drug-likeness (QED) is 0.266. The molecule has 2 unspecified atom stereocenters. The van der Waals surface area contributed by atoms with Gasteiger partial charge in [-0.3, -0.25) is 4.79 Å². The molecule has 7 N–H and O–H groups in total. The minimum absolute atomic E-state index is 0.294. The van der Waals surface area contributed by atoms with Gasteiger partial charge >= 0.3 is 17.5 Å². The lowest BCUT2D eigenvalue weighted by Crippen LogP contribution is -2.70. The number of phenolic OH excluding ortho intramolecular Hbond substituents is 5. The molecule has 2 atom stereocenters. The van der Waals surface area contributed by atoms with Crippen LogP contribution in [0.15, 0.2) is 42.5 Å². The Balaban J connectivity index is 1.83. The van der Waals surface area contributed by atoms with Crippen LogP contribution < -0.4 is 14.2 Å². The van der Waals surface area contributed by atoms with Crippen LogP contribution in [0.4, 0.5) is 0 Å². The van der Waals surface area contributed by atoms with Crippen molar-refractivity contribution in [1.82, 2.24) is 0 Å². The van der Waals surface area contributed by atoms with Crippen LogP contribution in [0.3, 0.4) is 0 Å². The van der Waals surface area contributed by atoms with Crippen molar-refractivity contribution in [2.75, 3.05) is 0 Å². The Morgan fingerprint density at radius 1 is 0.765 bits per heavy atom. The highest BCUT2D eigenvalue weighted by molar-refractivity contribution is 6.08. The summed E-state index contributed by atoms with van der Waals surface area (Å²) in [6.07, 6.45) is 0. The standard InChI is InChI=1S/C22H14O12/c23-10-6-13(26)17-15(7-10)32-22(9-1-2-11(24)12(25)5-9)21(31,19(17)28)34-18-14(27)3-8(20(29)30)4-16(18)33-22/h1-7,23-27,31H,(H,29,30). The molecule has 0 spiro atoms. The molecule has 34 heavy (non-hydrogen) atoms. The molecule has 0 saturated carbocycles. The highest BCUT2D eigenvalue weighted by Crippen LogP contribution is 2.57. The summed E-state index contributed by atoms with van der Waals surface area (Å²) in [6, 6.07) is 6.47. The molecular formula is C22H14O12. The smallest absolute Gasteiger partial charge is 0.358 e. The first kappa shape index (κ1) is 21.0. The fourth-order valence-corrected chi connectivity index (χ4v) is 3.88. The Labute approximate surface area is 188 Å². The number of rotatable bonds is 2. The van der Waals surface area contributed by atoms with Crippen molar-refractivity contribution in [1.29, 1.82) is 0 Å². The third-order valence-electron chi connectivity index (χ3n) is 5.44. The first-order valence-electron chi connectivity index (χ1n) is 9.50. The van der Waals surface area contributed by atoms with Gasteiger partial charge in [-0.05, 0) is 30.3 Å². The van der Waals surface area contributed by atoms with E-state index in [1.807, 2.05) is 0 Å². The van der Waals surface area contributed by atoms with Crippen LogP contribution in [0, 0.1) is 0 Å². The Hall–Kier alpha value is -4.84. The largest absolute Gasteiger partial charge is 0.508 e. The van der Waals surface area contributed by atoms with Gasteiger partial charge in [0.05, 0.1) is 5.56 Å². The van der Waals surface area contributed by atoms with Crippen molar-refractivity contribution in [3.8, 4) is 46.0 Å². The minimum atomic E-state index is -3.16. The molecule has 0 fully saturated rings. The van der Waals surface area contributed by atoms with Gasteiger partial charge < -0.3 is 50.0 Å². The van der Waals surface area contributed by atoms with Crippen LogP contribution in [-0.2, 0) is 5.79 Å². The number of ketones is 1. The summed E-state index contributed by atoms with van der Waals surface area (Å²) in [5.41, 5.74) is -1.32. The van der Waals surface area contributed by atoms with E-state index in [1.54, 1.807) is 0 Å². The normalized spacial score (nSPS) is 22.3. The van der Waals surface area contributed by atoms with Crippen molar-refractivity contribution >= 4 is 11.8 Å². The Morgan fingerprint density at radius 2 is 1.47 bits per heavy atom. The van der Waals surface area contributed by atoms with Crippen LogP contribution in [0.25, 0.3) is 0 Å². The lowest BCUT2D eigenvalue weighted by atomic mass is 9.85. The Kier molecular flexibility index (Phi) is 4.07. The van der Waals surface area contributed by atoms with E-state index in [0.717, 1.165) is 42.5 Å². The molecule has 12 nitrogen and oxygen atoms in total. The third-order valence-corrected chi connectivity index (χ3v) is 5.44. The molecular weight excluding hydrogens is 456 g/mol. The third kappa shape index (κ3) is 2.62. The maximum absolute atomic E-state index is 13.5. The number of hydrogen-bond donors (Lipinski definition) is 7. The number of aromatic hydroxyl groups is 5. The topological polar surface area (TPSA) is 203 Å². The van der Waals surface area contributed by atoms with E-state index in [1.165, 1.54) is 0 Å². The zero-order valence-electron chi connectivity index (χ0n) is 16.7. The fourth-order valence-electron chi connectivity index (χ4n) is 3.88. The molecule has 3 aromatic rings. The Bertz CT molecular complexity index is 1410. The van der Waals surface area contributed by atoms with Crippen molar-refractivity contribution in [3.05, 3.63) is 59.2 Å². The van der Waals surface area contributed by atoms with E-state index in [-0.39, 0.29) is 5.56 Å². The van der Waals surface area contributed by atoms with Crippen LogP contribution >= 0.6 is 0 Å².